The maximum Gasteiger partial charge on any atom is 0.0852 e. The molecule has 1 heteroatoms. The summed E-state index contributed by atoms with van der Waals surface area (Å²) < 4.78 is 0. The highest BCUT2D eigenvalue weighted by molar-refractivity contribution is 5.19. The zero-order chi connectivity index (χ0) is 11.2. The van der Waals surface area contributed by atoms with E-state index in [-0.39, 0.29) is 6.10 Å². The van der Waals surface area contributed by atoms with Crippen LogP contribution >= 0.6 is 0 Å². The monoisotopic (exact) mass is 216 g/mol. The zero-order valence-corrected chi connectivity index (χ0v) is 9.68. The Bertz CT molecular complexity index is 329. The molecule has 0 unspecified atom stereocenters. The summed E-state index contributed by atoms with van der Waals surface area (Å²) in [6.07, 6.45) is 10.2. The minimum Gasteiger partial charge on any atom is -0.388 e. The van der Waals surface area contributed by atoms with Gasteiger partial charge in [0.05, 0.1) is 6.10 Å². The van der Waals surface area contributed by atoms with E-state index in [2.05, 4.69) is 12.2 Å². The molecule has 1 N–H and O–H groups in total. The Hall–Kier alpha value is -1.08. The van der Waals surface area contributed by atoms with Crippen LogP contribution in [0.5, 0.6) is 0 Å². The molecule has 0 amide bonds. The molecule has 2 atom stereocenters. The maximum atomic E-state index is 10.3. The first kappa shape index (κ1) is 11.4. The second kappa shape index (κ2) is 5.86. The Kier molecular flexibility index (Phi) is 4.17. The number of hydrogen-bond donors (Lipinski definition) is 1. The third-order valence-electron chi connectivity index (χ3n) is 3.34. The third-order valence-corrected chi connectivity index (χ3v) is 3.34. The molecule has 0 heterocycles. The van der Waals surface area contributed by atoms with Gasteiger partial charge in [-0.2, -0.15) is 0 Å². The number of rotatable bonds is 2. The molecule has 0 aliphatic heterocycles. The number of allylic oxidation sites excluding steroid dienone is 1. The Morgan fingerprint density at radius 1 is 1.06 bits per heavy atom. The van der Waals surface area contributed by atoms with Gasteiger partial charge in [0.25, 0.3) is 0 Å². The summed E-state index contributed by atoms with van der Waals surface area (Å²) in [4.78, 5) is 0. The normalized spacial score (nSPS) is 25.4. The van der Waals surface area contributed by atoms with Crippen molar-refractivity contribution < 1.29 is 5.11 Å². The molecule has 86 valence electrons. The van der Waals surface area contributed by atoms with Gasteiger partial charge in [-0.1, -0.05) is 55.3 Å². The molecule has 0 aromatic heterocycles. The summed E-state index contributed by atoms with van der Waals surface area (Å²) in [6.45, 7) is 0. The van der Waals surface area contributed by atoms with Crippen molar-refractivity contribution in [1.29, 1.82) is 0 Å². The Balaban J connectivity index is 2.07. The van der Waals surface area contributed by atoms with E-state index in [0.29, 0.717) is 5.92 Å². The van der Waals surface area contributed by atoms with Crippen molar-refractivity contribution in [1.82, 2.24) is 0 Å². The molecule has 0 saturated carbocycles. The minimum absolute atomic E-state index is 0.294. The number of hydrogen-bond acceptors (Lipinski definition) is 1. The van der Waals surface area contributed by atoms with Crippen LogP contribution in [0.15, 0.2) is 42.5 Å². The highest BCUT2D eigenvalue weighted by atomic mass is 16.3. The standard InChI is InChI=1S/C15H20O/c16-15(14-11-7-4-8-12-14)13-9-5-2-1-3-6-10-13/h4-5,7-9,11-13,15-16H,1-3,6,10H2/b9-5-/t13-,15+/m1/s1. The molecular formula is C15H20O. The van der Waals surface area contributed by atoms with Crippen LogP contribution < -0.4 is 0 Å². The summed E-state index contributed by atoms with van der Waals surface area (Å²) in [7, 11) is 0. The molecule has 1 aliphatic rings. The van der Waals surface area contributed by atoms with E-state index in [4.69, 9.17) is 0 Å². The molecular weight excluding hydrogens is 196 g/mol. The molecule has 0 saturated heterocycles. The smallest absolute Gasteiger partial charge is 0.0852 e. The lowest BCUT2D eigenvalue weighted by molar-refractivity contribution is 0.124. The lowest BCUT2D eigenvalue weighted by atomic mass is 9.88. The average molecular weight is 216 g/mol. The van der Waals surface area contributed by atoms with Crippen molar-refractivity contribution in [2.24, 2.45) is 5.92 Å². The highest BCUT2D eigenvalue weighted by Crippen LogP contribution is 2.29. The third kappa shape index (κ3) is 2.96. The van der Waals surface area contributed by atoms with E-state index in [0.717, 1.165) is 18.4 Å². The summed E-state index contributed by atoms with van der Waals surface area (Å²) in [6, 6.07) is 10.00. The lowest BCUT2D eigenvalue weighted by Gasteiger charge is -2.21. The predicted molar refractivity (Wildman–Crippen MR) is 67.1 cm³/mol. The first-order valence-electron chi connectivity index (χ1n) is 6.27. The lowest BCUT2D eigenvalue weighted by Crippen LogP contribution is -2.11. The molecule has 1 nitrogen and oxygen atoms in total. The average Bonchev–Trinajstić information content (AvgIpc) is 2.29. The van der Waals surface area contributed by atoms with Crippen molar-refractivity contribution in [3.63, 3.8) is 0 Å². The van der Waals surface area contributed by atoms with E-state index < -0.39 is 0 Å². The maximum absolute atomic E-state index is 10.3. The van der Waals surface area contributed by atoms with Gasteiger partial charge in [0, 0.05) is 5.92 Å². The van der Waals surface area contributed by atoms with E-state index in [1.165, 1.54) is 19.3 Å². The highest BCUT2D eigenvalue weighted by Gasteiger charge is 2.18. The number of aliphatic hydroxyl groups excluding tert-OH is 1. The zero-order valence-electron chi connectivity index (χ0n) is 9.68. The number of aliphatic hydroxyl groups is 1. The van der Waals surface area contributed by atoms with Crippen molar-refractivity contribution >= 4 is 0 Å². The molecule has 16 heavy (non-hydrogen) atoms. The van der Waals surface area contributed by atoms with Gasteiger partial charge in [-0.3, -0.25) is 0 Å². The van der Waals surface area contributed by atoms with Crippen LogP contribution in [0.4, 0.5) is 0 Å². The van der Waals surface area contributed by atoms with E-state index >= 15 is 0 Å². The molecule has 2 rings (SSSR count). The van der Waals surface area contributed by atoms with E-state index in [1.54, 1.807) is 0 Å². The van der Waals surface area contributed by atoms with Gasteiger partial charge in [-0.25, -0.2) is 0 Å². The van der Waals surface area contributed by atoms with Crippen LogP contribution in [0.25, 0.3) is 0 Å². The van der Waals surface area contributed by atoms with Crippen molar-refractivity contribution in [2.45, 2.75) is 38.2 Å². The molecule has 0 radical (unpaired) electrons. The Morgan fingerprint density at radius 3 is 2.69 bits per heavy atom. The van der Waals surface area contributed by atoms with Crippen molar-refractivity contribution in [3.05, 3.63) is 48.0 Å². The second-order valence-corrected chi connectivity index (χ2v) is 4.59. The van der Waals surface area contributed by atoms with E-state index in [1.807, 2.05) is 30.3 Å². The van der Waals surface area contributed by atoms with Crippen molar-refractivity contribution in [3.8, 4) is 0 Å². The predicted octanol–water partition coefficient (Wildman–Crippen LogP) is 3.86. The molecule has 0 fully saturated rings. The van der Waals surface area contributed by atoms with Gasteiger partial charge in [0.15, 0.2) is 0 Å². The Labute approximate surface area is 97.8 Å². The first-order chi connectivity index (χ1) is 7.88. The van der Waals surface area contributed by atoms with Gasteiger partial charge in [-0.05, 0) is 24.8 Å². The van der Waals surface area contributed by atoms with Gasteiger partial charge in [0.1, 0.15) is 0 Å². The summed E-state index contributed by atoms with van der Waals surface area (Å²) in [5, 5.41) is 10.3. The first-order valence-corrected chi connectivity index (χ1v) is 6.27. The summed E-state index contributed by atoms with van der Waals surface area (Å²) >= 11 is 0. The minimum atomic E-state index is -0.337. The fraction of sp³-hybridized carbons (Fsp3) is 0.467. The largest absolute Gasteiger partial charge is 0.388 e. The molecule has 1 aromatic rings. The van der Waals surface area contributed by atoms with Crippen LogP contribution in [-0.4, -0.2) is 5.11 Å². The Morgan fingerprint density at radius 2 is 1.88 bits per heavy atom. The fourth-order valence-corrected chi connectivity index (χ4v) is 2.35. The van der Waals surface area contributed by atoms with Gasteiger partial charge < -0.3 is 5.11 Å². The molecule has 0 spiro atoms. The number of benzene rings is 1. The topological polar surface area (TPSA) is 20.2 Å². The van der Waals surface area contributed by atoms with Crippen molar-refractivity contribution in [2.75, 3.05) is 0 Å². The SMILES string of the molecule is O[C@H](c1ccccc1)[C@@H]1/C=C\CCCCC1. The van der Waals surface area contributed by atoms with Gasteiger partial charge >= 0.3 is 0 Å². The van der Waals surface area contributed by atoms with Crippen LogP contribution in [0.3, 0.4) is 0 Å². The van der Waals surface area contributed by atoms with Crippen LogP contribution in [0, 0.1) is 5.92 Å². The summed E-state index contributed by atoms with van der Waals surface area (Å²) in [5.74, 6) is 0.294. The van der Waals surface area contributed by atoms with Gasteiger partial charge in [0.2, 0.25) is 0 Å². The van der Waals surface area contributed by atoms with Gasteiger partial charge in [-0.15, -0.1) is 0 Å². The second-order valence-electron chi connectivity index (χ2n) is 4.59. The van der Waals surface area contributed by atoms with Crippen LogP contribution in [-0.2, 0) is 0 Å². The fourth-order valence-electron chi connectivity index (χ4n) is 2.35. The van der Waals surface area contributed by atoms with E-state index in [9.17, 15) is 5.11 Å². The molecule has 0 bridgehead atoms. The quantitative estimate of drug-likeness (QED) is 0.744. The molecule has 1 aromatic carbocycles. The summed E-state index contributed by atoms with van der Waals surface area (Å²) in [5.41, 5.74) is 1.04. The van der Waals surface area contributed by atoms with Crippen LogP contribution in [0.2, 0.25) is 0 Å². The molecule has 1 aliphatic carbocycles. The van der Waals surface area contributed by atoms with Crippen LogP contribution in [0.1, 0.15) is 43.8 Å².